The lowest BCUT2D eigenvalue weighted by Crippen LogP contribution is -2.26. The molecule has 2 aromatic carbocycles. The summed E-state index contributed by atoms with van der Waals surface area (Å²) in [6.07, 6.45) is 3.43. The van der Waals surface area contributed by atoms with Gasteiger partial charge in [0.05, 0.1) is 5.56 Å². The van der Waals surface area contributed by atoms with Crippen LogP contribution in [0.3, 0.4) is 0 Å². The van der Waals surface area contributed by atoms with Crippen molar-refractivity contribution in [2.24, 2.45) is 0 Å². The second kappa shape index (κ2) is 5.70. The molecular formula is C22H19NO3. The monoisotopic (exact) mass is 345 g/mol. The SMILES string of the molecule is CN1/C(=C/C=C2/C(=O)Oc3ccccc3C2=O)C(C)(C)c2ccccc21. The molecule has 0 bridgehead atoms. The van der Waals surface area contributed by atoms with Gasteiger partial charge in [0.1, 0.15) is 11.3 Å². The van der Waals surface area contributed by atoms with E-state index in [4.69, 9.17) is 4.74 Å². The van der Waals surface area contributed by atoms with Crippen LogP contribution in [-0.4, -0.2) is 18.8 Å². The number of Topliss-reactive ketones (excluding diaryl/α,β-unsaturated/α-hetero) is 1. The van der Waals surface area contributed by atoms with Gasteiger partial charge < -0.3 is 9.64 Å². The number of likely N-dealkylation sites (N-methyl/N-ethyl adjacent to an activating group) is 1. The first-order valence-electron chi connectivity index (χ1n) is 8.53. The summed E-state index contributed by atoms with van der Waals surface area (Å²) in [6.45, 7) is 4.27. The molecule has 4 nitrogen and oxygen atoms in total. The van der Waals surface area contributed by atoms with E-state index >= 15 is 0 Å². The first-order chi connectivity index (χ1) is 12.4. The molecule has 0 radical (unpaired) electrons. The van der Waals surface area contributed by atoms with Gasteiger partial charge in [-0.2, -0.15) is 0 Å². The van der Waals surface area contributed by atoms with Crippen LogP contribution in [-0.2, 0) is 10.2 Å². The number of hydrogen-bond acceptors (Lipinski definition) is 4. The summed E-state index contributed by atoms with van der Waals surface area (Å²) >= 11 is 0. The van der Waals surface area contributed by atoms with Gasteiger partial charge in [0.25, 0.3) is 0 Å². The second-order valence-corrected chi connectivity index (χ2v) is 7.05. The zero-order valence-corrected chi connectivity index (χ0v) is 14.9. The molecule has 2 aliphatic heterocycles. The maximum Gasteiger partial charge on any atom is 0.347 e. The van der Waals surface area contributed by atoms with E-state index in [2.05, 4.69) is 30.9 Å². The van der Waals surface area contributed by atoms with E-state index in [1.165, 1.54) is 5.56 Å². The Morgan fingerprint density at radius 2 is 1.65 bits per heavy atom. The Labute approximate surface area is 152 Å². The number of hydrogen-bond donors (Lipinski definition) is 0. The highest BCUT2D eigenvalue weighted by molar-refractivity contribution is 6.27. The molecule has 2 aliphatic rings. The van der Waals surface area contributed by atoms with Crippen molar-refractivity contribution in [2.45, 2.75) is 19.3 Å². The average Bonchev–Trinajstić information content (AvgIpc) is 2.82. The smallest absolute Gasteiger partial charge is 0.347 e. The summed E-state index contributed by atoms with van der Waals surface area (Å²) in [5.41, 5.74) is 3.61. The number of esters is 1. The lowest BCUT2D eigenvalue weighted by molar-refractivity contribution is -0.130. The Kier molecular flexibility index (Phi) is 3.58. The third-order valence-corrected chi connectivity index (χ3v) is 5.15. The Bertz CT molecular complexity index is 998. The summed E-state index contributed by atoms with van der Waals surface area (Å²) in [5, 5.41) is 0. The van der Waals surface area contributed by atoms with Crippen molar-refractivity contribution >= 4 is 17.4 Å². The zero-order valence-electron chi connectivity index (χ0n) is 14.9. The predicted octanol–water partition coefficient (Wildman–Crippen LogP) is 4.03. The standard InChI is InChI=1S/C22H19NO3/c1-22(2)16-9-5-6-10-17(16)23(3)19(22)13-12-15-20(24)14-8-4-7-11-18(14)26-21(15)25/h4-13H,1-3H3/b15-12+,19-13+. The normalized spacial score (nSPS) is 21.0. The van der Waals surface area contributed by atoms with Crippen molar-refractivity contribution in [1.29, 1.82) is 0 Å². The van der Waals surface area contributed by atoms with E-state index < -0.39 is 5.97 Å². The van der Waals surface area contributed by atoms with Crippen LogP contribution in [0.15, 0.2) is 72.0 Å². The summed E-state index contributed by atoms with van der Waals surface area (Å²) in [7, 11) is 1.99. The molecular weight excluding hydrogens is 326 g/mol. The molecule has 0 saturated heterocycles. The number of benzene rings is 2. The number of nitrogens with zero attached hydrogens (tertiary/aromatic N) is 1. The molecule has 26 heavy (non-hydrogen) atoms. The van der Waals surface area contributed by atoms with E-state index in [0.717, 1.165) is 11.4 Å². The van der Waals surface area contributed by atoms with Crippen molar-refractivity contribution in [3.05, 3.63) is 83.1 Å². The minimum absolute atomic E-state index is 0.0522. The molecule has 0 N–H and O–H groups in total. The van der Waals surface area contributed by atoms with Crippen LogP contribution in [0.4, 0.5) is 5.69 Å². The molecule has 0 saturated carbocycles. The molecule has 0 unspecified atom stereocenters. The van der Waals surface area contributed by atoms with E-state index in [0.29, 0.717) is 11.3 Å². The lowest BCUT2D eigenvalue weighted by Gasteiger charge is -2.24. The van der Waals surface area contributed by atoms with Crippen LogP contribution < -0.4 is 9.64 Å². The number of anilines is 1. The summed E-state index contributed by atoms with van der Waals surface area (Å²) in [4.78, 5) is 27.1. The van der Waals surface area contributed by atoms with Crippen molar-refractivity contribution in [1.82, 2.24) is 0 Å². The number of ether oxygens (including phenoxy) is 1. The van der Waals surface area contributed by atoms with Gasteiger partial charge in [0, 0.05) is 23.8 Å². The third-order valence-electron chi connectivity index (χ3n) is 5.15. The molecule has 2 heterocycles. The van der Waals surface area contributed by atoms with E-state index in [1.54, 1.807) is 30.3 Å². The van der Waals surface area contributed by atoms with Gasteiger partial charge in [-0.15, -0.1) is 0 Å². The Morgan fingerprint density at radius 3 is 2.42 bits per heavy atom. The van der Waals surface area contributed by atoms with Crippen molar-refractivity contribution in [3.63, 3.8) is 0 Å². The molecule has 130 valence electrons. The van der Waals surface area contributed by atoms with Crippen LogP contribution >= 0.6 is 0 Å². The van der Waals surface area contributed by atoms with Gasteiger partial charge in [-0.25, -0.2) is 4.79 Å². The lowest BCUT2D eigenvalue weighted by atomic mass is 9.83. The molecule has 4 rings (SSSR count). The van der Waals surface area contributed by atoms with Crippen LogP contribution in [0.5, 0.6) is 5.75 Å². The van der Waals surface area contributed by atoms with E-state index in [9.17, 15) is 9.59 Å². The molecule has 0 aromatic heterocycles. The van der Waals surface area contributed by atoms with Gasteiger partial charge in [-0.05, 0) is 35.9 Å². The molecule has 0 atom stereocenters. The van der Waals surface area contributed by atoms with Crippen LogP contribution in [0.25, 0.3) is 0 Å². The number of allylic oxidation sites excluding steroid dienone is 3. The van der Waals surface area contributed by atoms with Gasteiger partial charge in [-0.1, -0.05) is 44.2 Å². The van der Waals surface area contributed by atoms with Gasteiger partial charge in [-0.3, -0.25) is 4.79 Å². The number of carbonyl (C=O) groups excluding carboxylic acids is 2. The predicted molar refractivity (Wildman–Crippen MR) is 100 cm³/mol. The van der Waals surface area contributed by atoms with Crippen molar-refractivity contribution < 1.29 is 14.3 Å². The number of ketones is 1. The summed E-state index contributed by atoms with van der Waals surface area (Å²) < 4.78 is 5.30. The number of para-hydroxylation sites is 2. The first-order valence-corrected chi connectivity index (χ1v) is 8.53. The third kappa shape index (κ3) is 2.30. The zero-order chi connectivity index (χ0) is 18.5. The average molecular weight is 345 g/mol. The Balaban J connectivity index is 1.76. The molecule has 0 amide bonds. The maximum atomic E-state index is 12.7. The van der Waals surface area contributed by atoms with E-state index in [-0.39, 0.29) is 16.8 Å². The molecule has 0 aliphatic carbocycles. The summed E-state index contributed by atoms with van der Waals surface area (Å²) in [5.74, 6) is -0.593. The fourth-order valence-corrected chi connectivity index (χ4v) is 3.74. The fraction of sp³-hybridized carbons (Fsp3) is 0.182. The topological polar surface area (TPSA) is 46.6 Å². The van der Waals surface area contributed by atoms with Gasteiger partial charge in [0.15, 0.2) is 0 Å². The highest BCUT2D eigenvalue weighted by atomic mass is 16.5. The minimum atomic E-state index is -0.610. The number of fused-ring (bicyclic) bond motifs is 2. The van der Waals surface area contributed by atoms with Gasteiger partial charge >= 0.3 is 5.97 Å². The Hall–Kier alpha value is -3.14. The van der Waals surface area contributed by atoms with Crippen LogP contribution in [0, 0.1) is 0 Å². The van der Waals surface area contributed by atoms with Crippen molar-refractivity contribution in [2.75, 3.05) is 11.9 Å². The molecule has 4 heteroatoms. The fourth-order valence-electron chi connectivity index (χ4n) is 3.74. The number of carbonyl (C=O) groups is 2. The highest BCUT2D eigenvalue weighted by Crippen LogP contribution is 2.46. The largest absolute Gasteiger partial charge is 0.422 e. The number of rotatable bonds is 1. The molecule has 0 spiro atoms. The quantitative estimate of drug-likeness (QED) is 0.339. The van der Waals surface area contributed by atoms with Crippen LogP contribution in [0.1, 0.15) is 29.8 Å². The summed E-state index contributed by atoms with van der Waals surface area (Å²) in [6, 6.07) is 15.0. The maximum absolute atomic E-state index is 12.7. The minimum Gasteiger partial charge on any atom is -0.422 e. The van der Waals surface area contributed by atoms with E-state index in [1.807, 2.05) is 25.3 Å². The van der Waals surface area contributed by atoms with Crippen molar-refractivity contribution in [3.8, 4) is 5.75 Å². The molecule has 0 fully saturated rings. The van der Waals surface area contributed by atoms with Crippen LogP contribution in [0.2, 0.25) is 0 Å². The molecule has 2 aromatic rings. The first kappa shape index (κ1) is 16.3. The second-order valence-electron chi connectivity index (χ2n) is 7.05. The highest BCUT2D eigenvalue weighted by Gasteiger charge is 2.38. The Morgan fingerprint density at radius 1 is 0.962 bits per heavy atom. The van der Waals surface area contributed by atoms with Gasteiger partial charge in [0.2, 0.25) is 5.78 Å².